The number of anilines is 2. The third-order valence-electron chi connectivity index (χ3n) is 3.52. The van der Waals surface area contributed by atoms with Crippen molar-refractivity contribution in [3.05, 3.63) is 47.4 Å². The Bertz CT molecular complexity index is 698. The van der Waals surface area contributed by atoms with E-state index in [1.165, 1.54) is 6.20 Å². The molecule has 22 heavy (non-hydrogen) atoms. The van der Waals surface area contributed by atoms with Crippen LogP contribution in [0.5, 0.6) is 0 Å². The number of benzene rings is 1. The Morgan fingerprint density at radius 3 is 2.95 bits per heavy atom. The van der Waals surface area contributed by atoms with Gasteiger partial charge in [0.1, 0.15) is 17.2 Å². The number of nitrogen functional groups attached to an aromatic ring is 1. The summed E-state index contributed by atoms with van der Waals surface area (Å²) in [6, 6.07) is 7.46. The first kappa shape index (κ1) is 14.5. The molecule has 6 heteroatoms. The lowest BCUT2D eigenvalue weighted by atomic mass is 10.2. The molecular formula is C16H18N4O2. The Morgan fingerprint density at radius 2 is 2.27 bits per heavy atom. The summed E-state index contributed by atoms with van der Waals surface area (Å²) < 4.78 is 5.08. The minimum absolute atomic E-state index is 0.224. The maximum absolute atomic E-state index is 12.3. The molecule has 0 spiro atoms. The average molecular weight is 298 g/mol. The third kappa shape index (κ3) is 3.23. The van der Waals surface area contributed by atoms with Gasteiger partial charge in [0, 0.05) is 24.9 Å². The van der Waals surface area contributed by atoms with Crippen LogP contribution in [-0.4, -0.2) is 23.0 Å². The molecule has 0 bridgehead atoms. The highest BCUT2D eigenvalue weighted by molar-refractivity contribution is 6.06. The molecule has 114 valence electrons. The van der Waals surface area contributed by atoms with Crippen molar-refractivity contribution < 1.29 is 9.53 Å². The van der Waals surface area contributed by atoms with Crippen LogP contribution in [-0.2, 0) is 11.3 Å². The van der Waals surface area contributed by atoms with Crippen LogP contribution in [0.3, 0.4) is 0 Å². The molecule has 1 aromatic heterocycles. The monoisotopic (exact) mass is 298 g/mol. The van der Waals surface area contributed by atoms with Crippen LogP contribution >= 0.6 is 0 Å². The molecule has 0 radical (unpaired) electrons. The molecule has 2 aromatic rings. The van der Waals surface area contributed by atoms with Gasteiger partial charge in [0.25, 0.3) is 5.91 Å². The van der Waals surface area contributed by atoms with E-state index in [0.717, 1.165) is 24.2 Å². The van der Waals surface area contributed by atoms with Gasteiger partial charge < -0.3 is 15.8 Å². The van der Waals surface area contributed by atoms with Crippen LogP contribution in [0.4, 0.5) is 11.5 Å². The lowest BCUT2D eigenvalue weighted by Crippen LogP contribution is -2.16. The summed E-state index contributed by atoms with van der Waals surface area (Å²) in [5.74, 6) is 1.05. The zero-order valence-electron chi connectivity index (χ0n) is 12.4. The average Bonchev–Trinajstić information content (AvgIpc) is 3.32. The molecule has 3 N–H and O–H groups in total. The van der Waals surface area contributed by atoms with Crippen LogP contribution in [0.1, 0.15) is 40.5 Å². The van der Waals surface area contributed by atoms with Crippen molar-refractivity contribution in [2.24, 2.45) is 0 Å². The Kier molecular flexibility index (Phi) is 4.02. The predicted molar refractivity (Wildman–Crippen MR) is 83.5 cm³/mol. The van der Waals surface area contributed by atoms with Crippen molar-refractivity contribution in [1.82, 2.24) is 9.97 Å². The lowest BCUT2D eigenvalue weighted by molar-refractivity contribution is 0.102. The summed E-state index contributed by atoms with van der Waals surface area (Å²) in [4.78, 5) is 20.8. The predicted octanol–water partition coefficient (Wildman–Crippen LogP) is 2.33. The Morgan fingerprint density at radius 1 is 1.45 bits per heavy atom. The molecule has 3 rings (SSSR count). The molecule has 0 aliphatic heterocycles. The molecule has 1 saturated carbocycles. The zero-order valence-corrected chi connectivity index (χ0v) is 12.4. The molecule has 1 heterocycles. The largest absolute Gasteiger partial charge is 0.383 e. The van der Waals surface area contributed by atoms with Crippen molar-refractivity contribution in [3.8, 4) is 0 Å². The molecular weight excluding hydrogens is 280 g/mol. The number of carbonyl (C=O) groups excluding carboxylic acids is 1. The van der Waals surface area contributed by atoms with Crippen LogP contribution in [0, 0.1) is 0 Å². The number of hydrogen-bond acceptors (Lipinski definition) is 5. The van der Waals surface area contributed by atoms with Gasteiger partial charge in [-0.1, -0.05) is 12.1 Å². The number of methoxy groups -OCH3 is 1. The summed E-state index contributed by atoms with van der Waals surface area (Å²) in [5, 5.41) is 2.81. The van der Waals surface area contributed by atoms with Crippen molar-refractivity contribution in [1.29, 1.82) is 0 Å². The number of ether oxygens (including phenoxy) is 1. The van der Waals surface area contributed by atoms with Crippen molar-refractivity contribution in [2.45, 2.75) is 25.4 Å². The van der Waals surface area contributed by atoms with Crippen molar-refractivity contribution >= 4 is 17.4 Å². The zero-order chi connectivity index (χ0) is 15.5. The molecule has 1 aliphatic rings. The number of nitrogens with two attached hydrogens (primary N) is 1. The summed E-state index contributed by atoms with van der Waals surface area (Å²) in [6.45, 7) is 0.491. The first-order valence-electron chi connectivity index (χ1n) is 7.19. The van der Waals surface area contributed by atoms with Crippen molar-refractivity contribution in [2.75, 3.05) is 18.2 Å². The third-order valence-corrected chi connectivity index (χ3v) is 3.52. The number of amides is 1. The molecule has 1 fully saturated rings. The van der Waals surface area contributed by atoms with E-state index in [9.17, 15) is 4.79 Å². The fourth-order valence-corrected chi connectivity index (χ4v) is 2.23. The number of nitrogens with zero attached hydrogens (tertiary/aromatic N) is 2. The number of nitrogens with one attached hydrogen (secondary N) is 1. The van der Waals surface area contributed by atoms with Gasteiger partial charge in [0.15, 0.2) is 0 Å². The van der Waals surface area contributed by atoms with Crippen LogP contribution in [0.2, 0.25) is 0 Å². The Balaban J connectivity index is 1.75. The van der Waals surface area contributed by atoms with E-state index >= 15 is 0 Å². The highest BCUT2D eigenvalue weighted by Crippen LogP contribution is 2.38. The molecule has 0 unspecified atom stereocenters. The minimum atomic E-state index is -0.311. The van der Waals surface area contributed by atoms with E-state index in [-0.39, 0.29) is 11.7 Å². The molecule has 0 saturated heterocycles. The number of rotatable bonds is 5. The van der Waals surface area contributed by atoms with Gasteiger partial charge in [-0.05, 0) is 30.5 Å². The second-order valence-electron chi connectivity index (χ2n) is 5.39. The van der Waals surface area contributed by atoms with E-state index in [2.05, 4.69) is 15.3 Å². The normalized spacial score (nSPS) is 13.9. The highest BCUT2D eigenvalue weighted by Gasteiger charge is 2.27. The van der Waals surface area contributed by atoms with Gasteiger partial charge in [-0.3, -0.25) is 4.79 Å². The van der Waals surface area contributed by atoms with Crippen LogP contribution in [0.15, 0.2) is 30.5 Å². The Labute approximate surface area is 128 Å². The van der Waals surface area contributed by atoms with Crippen molar-refractivity contribution in [3.63, 3.8) is 0 Å². The maximum atomic E-state index is 12.3. The number of carbonyl (C=O) groups is 1. The van der Waals surface area contributed by atoms with E-state index < -0.39 is 0 Å². The van der Waals surface area contributed by atoms with E-state index in [1.54, 1.807) is 7.11 Å². The van der Waals surface area contributed by atoms with E-state index in [1.807, 2.05) is 24.3 Å². The highest BCUT2D eigenvalue weighted by atomic mass is 16.5. The Hall–Kier alpha value is -2.47. The van der Waals surface area contributed by atoms with Gasteiger partial charge in [-0.15, -0.1) is 0 Å². The first-order valence-corrected chi connectivity index (χ1v) is 7.19. The van der Waals surface area contributed by atoms with Gasteiger partial charge in [-0.25, -0.2) is 9.97 Å². The number of aromatic nitrogens is 2. The topological polar surface area (TPSA) is 90.1 Å². The second kappa shape index (κ2) is 6.11. The van der Waals surface area contributed by atoms with Gasteiger partial charge in [0.2, 0.25) is 0 Å². The van der Waals surface area contributed by atoms with E-state index in [4.69, 9.17) is 10.5 Å². The smallest absolute Gasteiger partial charge is 0.260 e. The van der Waals surface area contributed by atoms with Gasteiger partial charge in [-0.2, -0.15) is 0 Å². The summed E-state index contributed by atoms with van der Waals surface area (Å²) >= 11 is 0. The maximum Gasteiger partial charge on any atom is 0.260 e. The molecule has 0 atom stereocenters. The minimum Gasteiger partial charge on any atom is -0.383 e. The standard InChI is InChI=1S/C16H18N4O2/c1-22-9-10-3-2-4-12(7-10)19-16(21)13-8-18-15(11-5-6-11)20-14(13)17/h2-4,7-8,11H,5-6,9H2,1H3,(H,19,21)(H2,17,18,20). The first-order chi connectivity index (χ1) is 10.7. The molecule has 1 amide bonds. The number of hydrogen-bond donors (Lipinski definition) is 2. The van der Waals surface area contributed by atoms with Gasteiger partial charge >= 0.3 is 0 Å². The molecule has 1 aliphatic carbocycles. The fourth-order valence-electron chi connectivity index (χ4n) is 2.23. The lowest BCUT2D eigenvalue weighted by Gasteiger charge is -2.09. The van der Waals surface area contributed by atoms with E-state index in [0.29, 0.717) is 23.8 Å². The molecule has 6 nitrogen and oxygen atoms in total. The summed E-state index contributed by atoms with van der Waals surface area (Å²) in [5.41, 5.74) is 7.85. The second-order valence-corrected chi connectivity index (χ2v) is 5.39. The SMILES string of the molecule is COCc1cccc(NC(=O)c2cnc(C3CC3)nc2N)c1. The summed E-state index contributed by atoms with van der Waals surface area (Å²) in [7, 11) is 1.63. The van der Waals surface area contributed by atoms with Crippen LogP contribution < -0.4 is 11.1 Å². The molecule has 1 aromatic carbocycles. The fraction of sp³-hybridized carbons (Fsp3) is 0.312. The summed E-state index contributed by atoms with van der Waals surface area (Å²) in [6.07, 6.45) is 3.69. The van der Waals surface area contributed by atoms with Gasteiger partial charge in [0.05, 0.1) is 6.61 Å². The van der Waals surface area contributed by atoms with Crippen LogP contribution in [0.25, 0.3) is 0 Å². The quantitative estimate of drug-likeness (QED) is 0.884.